The van der Waals surface area contributed by atoms with Crippen molar-refractivity contribution >= 4 is 11.9 Å². The average Bonchev–Trinajstić information content (AvgIpc) is 2.16. The Morgan fingerprint density at radius 1 is 1.15 bits per heavy atom. The highest BCUT2D eigenvalue weighted by molar-refractivity contribution is 5.44. The summed E-state index contributed by atoms with van der Waals surface area (Å²) in [7, 11) is 1.39. The van der Waals surface area contributed by atoms with Crippen LogP contribution in [0.5, 0.6) is 0 Å². The lowest BCUT2D eigenvalue weighted by Gasteiger charge is -1.89. The van der Waals surface area contributed by atoms with E-state index in [1.165, 1.54) is 25.1 Å². The smallest absolute Gasteiger partial charge is 0.186 e. The standard InChI is InChI=1S/C10H4O3/c1-13-10(6-2-4-8-11)7-3-5-9-12/h6H,1H3. The lowest BCUT2D eigenvalue weighted by atomic mass is 10.5. The van der Waals surface area contributed by atoms with Gasteiger partial charge in [0.05, 0.1) is 7.11 Å². The van der Waals surface area contributed by atoms with Gasteiger partial charge in [0, 0.05) is 17.5 Å². The first-order valence-corrected chi connectivity index (χ1v) is 3.10. The minimum absolute atomic E-state index is 0.227. The third kappa shape index (κ3) is 6.02. The molecule has 0 heterocycles. The summed E-state index contributed by atoms with van der Waals surface area (Å²) in [5.74, 6) is 2.96. The van der Waals surface area contributed by atoms with Crippen molar-refractivity contribution in [2.75, 3.05) is 7.11 Å². The van der Waals surface area contributed by atoms with E-state index in [1.807, 2.05) is 11.5 Å². The van der Waals surface area contributed by atoms with Crippen molar-refractivity contribution in [3.8, 4) is 0 Å². The quantitative estimate of drug-likeness (QED) is 0.264. The van der Waals surface area contributed by atoms with Crippen molar-refractivity contribution in [2.45, 2.75) is 0 Å². The van der Waals surface area contributed by atoms with E-state index in [9.17, 15) is 9.59 Å². The molecule has 13 heavy (non-hydrogen) atoms. The molecule has 0 aliphatic carbocycles. The maximum absolute atomic E-state index is 9.67. The molecule has 0 unspecified atom stereocenters. The molecule has 0 amide bonds. The zero-order valence-corrected chi connectivity index (χ0v) is 6.80. The van der Waals surface area contributed by atoms with Crippen LogP contribution in [0.15, 0.2) is 40.5 Å². The van der Waals surface area contributed by atoms with Crippen molar-refractivity contribution in [3.05, 3.63) is 40.5 Å². The zero-order valence-electron chi connectivity index (χ0n) is 6.80. The van der Waals surface area contributed by atoms with E-state index in [-0.39, 0.29) is 5.76 Å². The van der Waals surface area contributed by atoms with Crippen LogP contribution in [0.25, 0.3) is 0 Å². The maximum atomic E-state index is 9.67. The normalized spacial score (nSPS) is 5.31. The van der Waals surface area contributed by atoms with E-state index >= 15 is 0 Å². The second-order valence-electron chi connectivity index (χ2n) is 1.56. The molecule has 0 atom stereocenters. The summed E-state index contributed by atoms with van der Waals surface area (Å²) in [5, 5.41) is 0. The molecule has 0 saturated carbocycles. The summed E-state index contributed by atoms with van der Waals surface area (Å²) in [6.45, 7) is 0. The van der Waals surface area contributed by atoms with E-state index in [1.54, 1.807) is 0 Å². The second-order valence-corrected chi connectivity index (χ2v) is 1.56. The van der Waals surface area contributed by atoms with Gasteiger partial charge in [0.25, 0.3) is 0 Å². The topological polar surface area (TPSA) is 43.4 Å². The van der Waals surface area contributed by atoms with Gasteiger partial charge < -0.3 is 4.74 Å². The van der Waals surface area contributed by atoms with Crippen molar-refractivity contribution < 1.29 is 14.3 Å². The number of carbonyl (C=O) groups excluding carboxylic acids is 2. The fraction of sp³-hybridized carbons (Fsp3) is 0.100. The number of hydrogen-bond acceptors (Lipinski definition) is 3. The minimum atomic E-state index is 0.227. The zero-order chi connectivity index (χ0) is 9.94. The van der Waals surface area contributed by atoms with E-state index in [2.05, 4.69) is 17.2 Å². The molecule has 0 aromatic heterocycles. The van der Waals surface area contributed by atoms with Gasteiger partial charge in [-0.25, -0.2) is 9.59 Å². The van der Waals surface area contributed by atoms with Gasteiger partial charge in [0.15, 0.2) is 17.6 Å². The molecule has 0 aliphatic rings. The lowest BCUT2D eigenvalue weighted by molar-refractivity contribution is 0.308. The van der Waals surface area contributed by atoms with Crippen molar-refractivity contribution in [3.63, 3.8) is 0 Å². The number of allylic oxidation sites excluding steroid dienone is 1. The molecule has 0 saturated heterocycles. The van der Waals surface area contributed by atoms with Crippen molar-refractivity contribution in [1.82, 2.24) is 0 Å². The molecule has 0 rings (SSSR count). The molecular weight excluding hydrogens is 168 g/mol. The molecule has 3 heteroatoms. The Kier molecular flexibility index (Phi) is 6.28. The highest BCUT2D eigenvalue weighted by Crippen LogP contribution is 1.91. The third-order valence-electron chi connectivity index (χ3n) is 0.846. The van der Waals surface area contributed by atoms with Gasteiger partial charge in [-0.15, -0.1) is 0 Å². The van der Waals surface area contributed by atoms with Crippen LogP contribution in [-0.2, 0) is 14.3 Å². The van der Waals surface area contributed by atoms with Crippen molar-refractivity contribution in [2.24, 2.45) is 0 Å². The van der Waals surface area contributed by atoms with E-state index in [0.29, 0.717) is 0 Å². The first kappa shape index (κ1) is 10.6. The molecule has 0 radical (unpaired) electrons. The number of rotatable bonds is 2. The van der Waals surface area contributed by atoms with Gasteiger partial charge >= 0.3 is 0 Å². The van der Waals surface area contributed by atoms with Crippen LogP contribution in [-0.4, -0.2) is 19.0 Å². The predicted molar refractivity (Wildman–Crippen MR) is 44.0 cm³/mol. The van der Waals surface area contributed by atoms with Crippen LogP contribution in [0.4, 0.5) is 0 Å². The van der Waals surface area contributed by atoms with Crippen molar-refractivity contribution in [1.29, 1.82) is 0 Å². The summed E-state index contributed by atoms with van der Waals surface area (Å²) in [4.78, 5) is 19.3. The first-order valence-electron chi connectivity index (χ1n) is 3.10. The summed E-state index contributed by atoms with van der Waals surface area (Å²) in [6, 6.07) is 0. The lowest BCUT2D eigenvalue weighted by Crippen LogP contribution is -1.75. The van der Waals surface area contributed by atoms with Crippen LogP contribution >= 0.6 is 0 Å². The summed E-state index contributed by atoms with van der Waals surface area (Å²) in [5.41, 5.74) is 11.0. The first-order chi connectivity index (χ1) is 6.35. The fourth-order valence-corrected chi connectivity index (χ4v) is 0.396. The molecule has 0 aromatic rings. The molecule has 3 nitrogen and oxygen atoms in total. The Hall–Kier alpha value is -2.40. The van der Waals surface area contributed by atoms with Crippen LogP contribution in [0.1, 0.15) is 0 Å². The average molecular weight is 172 g/mol. The summed E-state index contributed by atoms with van der Waals surface area (Å²) >= 11 is 0. The minimum Gasteiger partial charge on any atom is -0.488 e. The molecule has 0 aliphatic heterocycles. The predicted octanol–water partition coefficient (Wildman–Crippen LogP) is 0.512. The fourth-order valence-electron chi connectivity index (χ4n) is 0.396. The molecule has 0 spiro atoms. The molecule has 0 aromatic carbocycles. The Balaban J connectivity index is 5.29. The van der Waals surface area contributed by atoms with Gasteiger partial charge in [-0.2, -0.15) is 0 Å². The highest BCUT2D eigenvalue weighted by Gasteiger charge is 1.81. The highest BCUT2D eigenvalue weighted by atomic mass is 16.5. The number of hydrogen-bond donors (Lipinski definition) is 0. The molecule has 0 fully saturated rings. The van der Waals surface area contributed by atoms with Crippen LogP contribution in [0, 0.1) is 0 Å². The summed E-state index contributed by atoms with van der Waals surface area (Å²) in [6.07, 6.45) is 1.28. The SMILES string of the molecule is COC(=C=C=C=C=O)C=C=C=C=O. The molecule has 0 N–H and O–H groups in total. The Labute approximate surface area is 74.6 Å². The van der Waals surface area contributed by atoms with Gasteiger partial charge in [0.1, 0.15) is 0 Å². The molecular formula is C10H4O3. The second kappa shape index (κ2) is 7.70. The Bertz CT molecular complexity index is 442. The van der Waals surface area contributed by atoms with Crippen LogP contribution < -0.4 is 0 Å². The number of methoxy groups -OCH3 is 1. The van der Waals surface area contributed by atoms with Gasteiger partial charge in [-0.05, 0) is 11.5 Å². The monoisotopic (exact) mass is 172 g/mol. The van der Waals surface area contributed by atoms with Gasteiger partial charge in [-0.3, -0.25) is 0 Å². The third-order valence-corrected chi connectivity index (χ3v) is 0.846. The number of ether oxygens (including phenoxy) is 1. The van der Waals surface area contributed by atoms with E-state index < -0.39 is 0 Å². The Morgan fingerprint density at radius 2 is 1.85 bits per heavy atom. The van der Waals surface area contributed by atoms with E-state index in [0.717, 1.165) is 0 Å². The summed E-state index contributed by atoms with van der Waals surface area (Å²) < 4.78 is 4.73. The maximum Gasteiger partial charge on any atom is 0.186 e. The largest absolute Gasteiger partial charge is 0.488 e. The van der Waals surface area contributed by atoms with Gasteiger partial charge in [0.2, 0.25) is 0 Å². The Morgan fingerprint density at radius 3 is 2.38 bits per heavy atom. The van der Waals surface area contributed by atoms with Crippen LogP contribution in [0.2, 0.25) is 0 Å². The van der Waals surface area contributed by atoms with Crippen LogP contribution in [0.3, 0.4) is 0 Å². The molecule has 0 bridgehead atoms. The molecule has 62 valence electrons. The van der Waals surface area contributed by atoms with Gasteiger partial charge in [-0.1, -0.05) is 5.73 Å². The van der Waals surface area contributed by atoms with E-state index in [4.69, 9.17) is 4.74 Å².